The van der Waals surface area contributed by atoms with E-state index in [1.54, 1.807) is 0 Å². The lowest BCUT2D eigenvalue weighted by atomic mass is 10.0. The van der Waals surface area contributed by atoms with Gasteiger partial charge in [0.05, 0.1) is 0 Å². The van der Waals surface area contributed by atoms with Gasteiger partial charge in [0.25, 0.3) is 6.47 Å². The van der Waals surface area contributed by atoms with E-state index >= 15 is 0 Å². The highest BCUT2D eigenvalue weighted by molar-refractivity contribution is 5.66. The van der Waals surface area contributed by atoms with E-state index in [1.165, 1.54) is 16.7 Å². The van der Waals surface area contributed by atoms with Crippen LogP contribution >= 0.6 is 0 Å². The molecule has 2 aromatic carbocycles. The van der Waals surface area contributed by atoms with Crippen LogP contribution in [0.5, 0.6) is 0 Å². The molecule has 0 aliphatic carbocycles. The zero-order chi connectivity index (χ0) is 15.0. The Kier molecular flexibility index (Phi) is 5.98. The fourth-order valence-corrected chi connectivity index (χ4v) is 1.66. The Hall–Kier alpha value is -2.09. The summed E-state index contributed by atoms with van der Waals surface area (Å²) in [7, 11) is 0. The highest BCUT2D eigenvalue weighted by atomic mass is 16.5. The molecule has 0 radical (unpaired) electrons. The van der Waals surface area contributed by atoms with Gasteiger partial charge in [-0.2, -0.15) is 0 Å². The second kappa shape index (κ2) is 7.49. The van der Waals surface area contributed by atoms with Crippen molar-refractivity contribution in [3.8, 4) is 11.1 Å². The standard InChI is InChI=1S/C13H12.C5H10O2/c1-11-7-5-6-10-13(11)12-8-3-2-4-9-12;1-5(2,3)7-4-6/h2-10H,1H3;4H,1-3H3. The van der Waals surface area contributed by atoms with E-state index < -0.39 is 0 Å². The van der Waals surface area contributed by atoms with Gasteiger partial charge in [-0.25, -0.2) is 0 Å². The molecule has 2 aromatic rings. The van der Waals surface area contributed by atoms with Gasteiger partial charge in [-0.05, 0) is 44.4 Å². The third-order valence-corrected chi connectivity index (χ3v) is 2.63. The summed E-state index contributed by atoms with van der Waals surface area (Å²) in [6.45, 7) is 8.06. The fourth-order valence-electron chi connectivity index (χ4n) is 1.66. The summed E-state index contributed by atoms with van der Waals surface area (Å²) in [5.74, 6) is 0. The molecule has 2 rings (SSSR count). The Morgan fingerprint density at radius 1 is 0.900 bits per heavy atom. The van der Waals surface area contributed by atoms with Crippen LogP contribution in [0.1, 0.15) is 26.3 Å². The number of carbonyl (C=O) groups excluding carboxylic acids is 1. The molecule has 0 saturated carbocycles. The first kappa shape index (κ1) is 16.0. The van der Waals surface area contributed by atoms with Gasteiger partial charge in [0.1, 0.15) is 5.60 Å². The minimum atomic E-state index is -0.318. The van der Waals surface area contributed by atoms with Gasteiger partial charge in [0.2, 0.25) is 0 Å². The first-order valence-corrected chi connectivity index (χ1v) is 6.66. The molecule has 106 valence electrons. The van der Waals surface area contributed by atoms with Crippen LogP contribution in [0.4, 0.5) is 0 Å². The maximum atomic E-state index is 9.60. The van der Waals surface area contributed by atoms with E-state index in [-0.39, 0.29) is 5.60 Å². The molecular weight excluding hydrogens is 248 g/mol. The van der Waals surface area contributed by atoms with Crippen molar-refractivity contribution in [3.05, 3.63) is 60.2 Å². The van der Waals surface area contributed by atoms with Gasteiger partial charge in [-0.3, -0.25) is 4.79 Å². The highest BCUT2D eigenvalue weighted by Gasteiger charge is 2.07. The second-order valence-electron chi connectivity index (χ2n) is 5.51. The first-order valence-electron chi connectivity index (χ1n) is 6.66. The van der Waals surface area contributed by atoms with Crippen molar-refractivity contribution >= 4 is 6.47 Å². The highest BCUT2D eigenvalue weighted by Crippen LogP contribution is 2.21. The number of benzene rings is 2. The fraction of sp³-hybridized carbons (Fsp3) is 0.278. The molecule has 2 nitrogen and oxygen atoms in total. The summed E-state index contributed by atoms with van der Waals surface area (Å²) in [5, 5.41) is 0. The number of carbonyl (C=O) groups is 1. The molecule has 0 spiro atoms. The summed E-state index contributed by atoms with van der Waals surface area (Å²) in [4.78, 5) is 9.60. The Bertz CT molecular complexity index is 525. The Morgan fingerprint density at radius 2 is 1.45 bits per heavy atom. The first-order chi connectivity index (χ1) is 9.44. The van der Waals surface area contributed by atoms with E-state index in [0.717, 1.165) is 0 Å². The molecule has 0 heterocycles. The smallest absolute Gasteiger partial charge is 0.293 e. The Labute approximate surface area is 121 Å². The van der Waals surface area contributed by atoms with Crippen LogP contribution < -0.4 is 0 Å². The van der Waals surface area contributed by atoms with Crippen LogP contribution in [0.2, 0.25) is 0 Å². The number of ether oxygens (including phenoxy) is 1. The van der Waals surface area contributed by atoms with Gasteiger partial charge < -0.3 is 4.74 Å². The molecule has 0 aromatic heterocycles. The molecular formula is C18H22O2. The molecule has 0 aliphatic rings. The summed E-state index contributed by atoms with van der Waals surface area (Å²) in [6, 6.07) is 18.9. The summed E-state index contributed by atoms with van der Waals surface area (Å²) in [6.07, 6.45) is 0. The van der Waals surface area contributed by atoms with Crippen LogP contribution in [0, 0.1) is 6.92 Å². The van der Waals surface area contributed by atoms with Gasteiger partial charge in [-0.15, -0.1) is 0 Å². The number of hydrogen-bond acceptors (Lipinski definition) is 2. The summed E-state index contributed by atoms with van der Waals surface area (Å²) >= 11 is 0. The second-order valence-corrected chi connectivity index (χ2v) is 5.51. The molecule has 0 atom stereocenters. The van der Waals surface area contributed by atoms with Gasteiger partial charge in [0, 0.05) is 0 Å². The predicted molar refractivity (Wildman–Crippen MR) is 83.5 cm³/mol. The summed E-state index contributed by atoms with van der Waals surface area (Å²) < 4.78 is 4.55. The third kappa shape index (κ3) is 5.70. The minimum Gasteiger partial charge on any atom is -0.462 e. The molecule has 0 bridgehead atoms. The van der Waals surface area contributed by atoms with Crippen molar-refractivity contribution in [2.24, 2.45) is 0 Å². The van der Waals surface area contributed by atoms with Crippen molar-refractivity contribution in [2.45, 2.75) is 33.3 Å². The maximum Gasteiger partial charge on any atom is 0.293 e. The van der Waals surface area contributed by atoms with Crippen LogP contribution in [0.3, 0.4) is 0 Å². The van der Waals surface area contributed by atoms with Crippen molar-refractivity contribution < 1.29 is 9.53 Å². The van der Waals surface area contributed by atoms with Crippen molar-refractivity contribution in [2.75, 3.05) is 0 Å². The van der Waals surface area contributed by atoms with Gasteiger partial charge >= 0.3 is 0 Å². The molecule has 2 heteroatoms. The maximum absolute atomic E-state index is 9.60. The average Bonchev–Trinajstić information content (AvgIpc) is 2.40. The molecule has 0 unspecified atom stereocenters. The monoisotopic (exact) mass is 270 g/mol. The van der Waals surface area contributed by atoms with Crippen LogP contribution in [-0.4, -0.2) is 12.1 Å². The zero-order valence-corrected chi connectivity index (χ0v) is 12.6. The van der Waals surface area contributed by atoms with E-state index in [1.807, 2.05) is 26.8 Å². The van der Waals surface area contributed by atoms with E-state index in [2.05, 4.69) is 60.2 Å². The predicted octanol–water partition coefficient (Wildman–Crippen LogP) is 4.62. The third-order valence-electron chi connectivity index (χ3n) is 2.63. The molecule has 20 heavy (non-hydrogen) atoms. The van der Waals surface area contributed by atoms with E-state index in [0.29, 0.717) is 6.47 Å². The number of rotatable bonds is 2. The number of hydrogen-bond donors (Lipinski definition) is 0. The lowest BCUT2D eigenvalue weighted by Crippen LogP contribution is -2.17. The molecule has 0 aliphatic heterocycles. The molecule has 0 amide bonds. The lowest BCUT2D eigenvalue weighted by molar-refractivity contribution is -0.138. The van der Waals surface area contributed by atoms with Crippen molar-refractivity contribution in [3.63, 3.8) is 0 Å². The van der Waals surface area contributed by atoms with Crippen LogP contribution in [0.15, 0.2) is 54.6 Å². The molecule has 0 saturated heterocycles. The normalized spacial score (nSPS) is 10.2. The summed E-state index contributed by atoms with van der Waals surface area (Å²) in [5.41, 5.74) is 3.62. The largest absolute Gasteiger partial charge is 0.462 e. The quantitative estimate of drug-likeness (QED) is 0.744. The molecule has 0 N–H and O–H groups in total. The lowest BCUT2D eigenvalue weighted by Gasteiger charge is -2.14. The van der Waals surface area contributed by atoms with Gasteiger partial charge in [-0.1, -0.05) is 54.6 Å². The Balaban J connectivity index is 0.000000246. The van der Waals surface area contributed by atoms with Crippen molar-refractivity contribution in [1.82, 2.24) is 0 Å². The number of aryl methyl sites for hydroxylation is 1. The molecule has 0 fully saturated rings. The van der Waals surface area contributed by atoms with Crippen LogP contribution in [-0.2, 0) is 9.53 Å². The topological polar surface area (TPSA) is 26.3 Å². The van der Waals surface area contributed by atoms with Crippen molar-refractivity contribution in [1.29, 1.82) is 0 Å². The zero-order valence-electron chi connectivity index (χ0n) is 12.6. The van der Waals surface area contributed by atoms with E-state index in [4.69, 9.17) is 0 Å². The Morgan fingerprint density at radius 3 is 1.90 bits per heavy atom. The average molecular weight is 270 g/mol. The van der Waals surface area contributed by atoms with Crippen LogP contribution in [0.25, 0.3) is 11.1 Å². The van der Waals surface area contributed by atoms with Gasteiger partial charge in [0.15, 0.2) is 0 Å². The minimum absolute atomic E-state index is 0.318. The SMILES string of the molecule is CC(C)(C)OC=O.Cc1ccccc1-c1ccccc1. The van der Waals surface area contributed by atoms with E-state index in [9.17, 15) is 4.79 Å².